The molecule has 0 N–H and O–H groups in total. The van der Waals surface area contributed by atoms with E-state index in [9.17, 15) is 9.59 Å². The molecule has 0 atom stereocenters. The molecular formula is C18H16O4. The van der Waals surface area contributed by atoms with Gasteiger partial charge in [-0.3, -0.25) is 4.79 Å². The van der Waals surface area contributed by atoms with Gasteiger partial charge < -0.3 is 9.47 Å². The number of rotatable bonds is 5. The Hall–Kier alpha value is -2.62. The summed E-state index contributed by atoms with van der Waals surface area (Å²) in [5.41, 5.74) is 1.20. The molecule has 0 amide bonds. The average molecular weight is 296 g/mol. The van der Waals surface area contributed by atoms with E-state index < -0.39 is 0 Å². The predicted octanol–water partition coefficient (Wildman–Crippen LogP) is 3.86. The fraction of sp³-hybridized carbons (Fsp3) is 0.222. The summed E-state index contributed by atoms with van der Waals surface area (Å²) >= 11 is 0. The molecule has 1 aliphatic rings. The average Bonchev–Trinajstić information content (AvgIpc) is 3.40. The number of hydrogen-bond donors (Lipinski definition) is 0. The summed E-state index contributed by atoms with van der Waals surface area (Å²) in [4.78, 5) is 23.3. The second-order valence-corrected chi connectivity index (χ2v) is 5.28. The summed E-state index contributed by atoms with van der Waals surface area (Å²) in [7, 11) is 1.34. The SMILES string of the molecule is COC(=O)c1ccc(Oc2ccc(C(=O)C3CC3)cc2)cc1. The van der Waals surface area contributed by atoms with Gasteiger partial charge in [-0.15, -0.1) is 0 Å². The van der Waals surface area contributed by atoms with Crippen molar-refractivity contribution in [3.8, 4) is 11.5 Å². The van der Waals surface area contributed by atoms with Crippen LogP contribution in [0.2, 0.25) is 0 Å². The minimum Gasteiger partial charge on any atom is -0.465 e. The fourth-order valence-electron chi connectivity index (χ4n) is 2.18. The lowest BCUT2D eigenvalue weighted by atomic mass is 10.1. The minimum absolute atomic E-state index is 0.217. The van der Waals surface area contributed by atoms with E-state index in [0.717, 1.165) is 18.4 Å². The Labute approximate surface area is 128 Å². The van der Waals surface area contributed by atoms with Crippen molar-refractivity contribution in [2.75, 3.05) is 7.11 Å². The lowest BCUT2D eigenvalue weighted by Crippen LogP contribution is -2.01. The minimum atomic E-state index is -0.380. The highest BCUT2D eigenvalue weighted by atomic mass is 16.5. The Balaban J connectivity index is 1.67. The maximum absolute atomic E-state index is 11.9. The zero-order chi connectivity index (χ0) is 15.5. The van der Waals surface area contributed by atoms with Crippen molar-refractivity contribution >= 4 is 11.8 Å². The molecule has 4 nitrogen and oxygen atoms in total. The lowest BCUT2D eigenvalue weighted by molar-refractivity contribution is 0.0600. The van der Waals surface area contributed by atoms with Crippen molar-refractivity contribution in [2.45, 2.75) is 12.8 Å². The quantitative estimate of drug-likeness (QED) is 0.621. The smallest absolute Gasteiger partial charge is 0.337 e. The lowest BCUT2D eigenvalue weighted by Gasteiger charge is -2.07. The molecule has 1 saturated carbocycles. The second kappa shape index (κ2) is 6.02. The number of ketones is 1. The van der Waals surface area contributed by atoms with Gasteiger partial charge in [0.25, 0.3) is 0 Å². The molecule has 0 radical (unpaired) electrons. The van der Waals surface area contributed by atoms with Crippen LogP contribution in [0.15, 0.2) is 48.5 Å². The van der Waals surface area contributed by atoms with Crippen molar-refractivity contribution in [2.24, 2.45) is 5.92 Å². The highest BCUT2D eigenvalue weighted by Crippen LogP contribution is 2.33. The van der Waals surface area contributed by atoms with Crippen LogP contribution in [-0.4, -0.2) is 18.9 Å². The molecule has 0 saturated heterocycles. The number of Topliss-reactive ketones (excluding diaryl/α,β-unsaturated/α-hetero) is 1. The normalized spacial score (nSPS) is 13.5. The Kier molecular flexibility index (Phi) is 3.92. The first kappa shape index (κ1) is 14.3. The third kappa shape index (κ3) is 3.17. The van der Waals surface area contributed by atoms with E-state index in [-0.39, 0.29) is 17.7 Å². The van der Waals surface area contributed by atoms with Gasteiger partial charge in [-0.05, 0) is 61.4 Å². The van der Waals surface area contributed by atoms with Gasteiger partial charge in [0.1, 0.15) is 11.5 Å². The molecule has 1 aliphatic carbocycles. The van der Waals surface area contributed by atoms with Gasteiger partial charge in [-0.2, -0.15) is 0 Å². The number of benzene rings is 2. The van der Waals surface area contributed by atoms with Crippen LogP contribution in [-0.2, 0) is 4.74 Å². The second-order valence-electron chi connectivity index (χ2n) is 5.28. The molecule has 112 valence electrons. The van der Waals surface area contributed by atoms with E-state index >= 15 is 0 Å². The van der Waals surface area contributed by atoms with Gasteiger partial charge in [0, 0.05) is 11.5 Å². The van der Waals surface area contributed by atoms with Gasteiger partial charge in [-0.25, -0.2) is 4.79 Å². The van der Waals surface area contributed by atoms with Crippen LogP contribution in [0.1, 0.15) is 33.6 Å². The summed E-state index contributed by atoms with van der Waals surface area (Å²) in [5, 5.41) is 0. The van der Waals surface area contributed by atoms with Crippen LogP contribution in [0.4, 0.5) is 0 Å². The molecule has 0 aromatic heterocycles. The fourth-order valence-corrected chi connectivity index (χ4v) is 2.18. The van der Waals surface area contributed by atoms with Crippen molar-refractivity contribution in [1.29, 1.82) is 0 Å². The number of methoxy groups -OCH3 is 1. The van der Waals surface area contributed by atoms with E-state index in [1.165, 1.54) is 7.11 Å². The third-order valence-corrected chi connectivity index (χ3v) is 3.60. The monoisotopic (exact) mass is 296 g/mol. The van der Waals surface area contributed by atoms with Crippen LogP contribution in [0.25, 0.3) is 0 Å². The molecule has 1 fully saturated rings. The summed E-state index contributed by atoms with van der Waals surface area (Å²) < 4.78 is 10.3. The Morgan fingerprint density at radius 3 is 1.82 bits per heavy atom. The molecule has 22 heavy (non-hydrogen) atoms. The van der Waals surface area contributed by atoms with Crippen molar-refractivity contribution in [1.82, 2.24) is 0 Å². The standard InChI is InChI=1S/C18H16O4/c1-21-18(20)14-6-10-16(11-7-14)22-15-8-4-13(5-9-15)17(19)12-2-3-12/h4-12H,2-3H2,1H3. The zero-order valence-electron chi connectivity index (χ0n) is 12.2. The van der Waals surface area contributed by atoms with Gasteiger partial charge in [-0.1, -0.05) is 0 Å². The van der Waals surface area contributed by atoms with Crippen LogP contribution < -0.4 is 4.74 Å². The maximum Gasteiger partial charge on any atom is 0.337 e. The number of carbonyl (C=O) groups excluding carboxylic acids is 2. The molecule has 4 heteroatoms. The zero-order valence-corrected chi connectivity index (χ0v) is 12.2. The number of ether oxygens (including phenoxy) is 2. The van der Waals surface area contributed by atoms with E-state index in [2.05, 4.69) is 4.74 Å². The number of carbonyl (C=O) groups is 2. The van der Waals surface area contributed by atoms with E-state index in [4.69, 9.17) is 4.74 Å². The molecule has 0 unspecified atom stereocenters. The highest BCUT2D eigenvalue weighted by molar-refractivity contribution is 5.99. The van der Waals surface area contributed by atoms with E-state index in [1.807, 2.05) is 0 Å². The van der Waals surface area contributed by atoms with E-state index in [1.54, 1.807) is 48.5 Å². The number of hydrogen-bond acceptors (Lipinski definition) is 4. The molecule has 0 heterocycles. The first-order valence-corrected chi connectivity index (χ1v) is 7.18. The van der Waals surface area contributed by atoms with Crippen LogP contribution >= 0.6 is 0 Å². The molecule has 0 bridgehead atoms. The van der Waals surface area contributed by atoms with Crippen LogP contribution in [0.5, 0.6) is 11.5 Å². The topological polar surface area (TPSA) is 52.6 Å². The predicted molar refractivity (Wildman–Crippen MR) is 81.4 cm³/mol. The summed E-state index contributed by atoms with van der Waals surface area (Å²) in [6, 6.07) is 13.8. The molecule has 2 aromatic carbocycles. The van der Waals surface area contributed by atoms with Crippen molar-refractivity contribution in [3.05, 3.63) is 59.7 Å². The molecule has 3 rings (SSSR count). The van der Waals surface area contributed by atoms with E-state index in [0.29, 0.717) is 17.1 Å². The summed E-state index contributed by atoms with van der Waals surface area (Å²) in [5.74, 6) is 1.33. The van der Waals surface area contributed by atoms with Gasteiger partial charge in [0.2, 0.25) is 0 Å². The van der Waals surface area contributed by atoms with Crippen molar-refractivity contribution in [3.63, 3.8) is 0 Å². The van der Waals surface area contributed by atoms with Gasteiger partial charge in [0.05, 0.1) is 12.7 Å². The third-order valence-electron chi connectivity index (χ3n) is 3.60. The maximum atomic E-state index is 11.9. The Bertz CT molecular complexity index is 682. The van der Waals surface area contributed by atoms with Crippen molar-refractivity contribution < 1.29 is 19.1 Å². The van der Waals surface area contributed by atoms with Gasteiger partial charge >= 0.3 is 5.97 Å². The van der Waals surface area contributed by atoms with Gasteiger partial charge in [0.15, 0.2) is 5.78 Å². The highest BCUT2D eigenvalue weighted by Gasteiger charge is 2.30. The Morgan fingerprint density at radius 1 is 0.864 bits per heavy atom. The molecule has 2 aromatic rings. The first-order valence-electron chi connectivity index (χ1n) is 7.18. The summed E-state index contributed by atoms with van der Waals surface area (Å²) in [6.45, 7) is 0. The van der Waals surface area contributed by atoms with Crippen LogP contribution in [0.3, 0.4) is 0 Å². The largest absolute Gasteiger partial charge is 0.465 e. The summed E-state index contributed by atoms with van der Waals surface area (Å²) in [6.07, 6.45) is 2.01. The molecule has 0 aliphatic heterocycles. The Morgan fingerprint density at radius 2 is 1.36 bits per heavy atom. The first-order chi connectivity index (χ1) is 10.7. The number of esters is 1. The molecule has 0 spiro atoms. The molecular weight excluding hydrogens is 280 g/mol. The van der Waals surface area contributed by atoms with Crippen LogP contribution in [0, 0.1) is 5.92 Å².